The van der Waals surface area contributed by atoms with Crippen molar-refractivity contribution in [3.63, 3.8) is 0 Å². The molecule has 0 aromatic carbocycles. The van der Waals surface area contributed by atoms with Gasteiger partial charge in [0.25, 0.3) is 0 Å². The number of aromatic nitrogens is 5. The molecule has 0 spiro atoms. The van der Waals surface area contributed by atoms with Crippen molar-refractivity contribution in [1.29, 1.82) is 0 Å². The Labute approximate surface area is 176 Å². The highest BCUT2D eigenvalue weighted by atomic mass is 32.2. The maximum atomic E-state index is 13.0. The van der Waals surface area contributed by atoms with Crippen molar-refractivity contribution in [3.8, 4) is 11.5 Å². The van der Waals surface area contributed by atoms with Gasteiger partial charge in [-0.15, -0.1) is 10.2 Å². The Morgan fingerprint density at radius 3 is 2.40 bits per heavy atom. The molecule has 30 heavy (non-hydrogen) atoms. The second kappa shape index (κ2) is 7.77. The van der Waals surface area contributed by atoms with Crippen LogP contribution in [-0.4, -0.2) is 62.5 Å². The molecule has 3 rings (SSSR count). The predicted molar refractivity (Wildman–Crippen MR) is 113 cm³/mol. The molecule has 0 bridgehead atoms. The highest BCUT2D eigenvalue weighted by Gasteiger charge is 2.46. The van der Waals surface area contributed by atoms with Gasteiger partial charge in [0.15, 0.2) is 15.7 Å². The topological polar surface area (TPSA) is 132 Å². The Balaban J connectivity index is 1.78. The van der Waals surface area contributed by atoms with E-state index < -0.39 is 25.7 Å². The van der Waals surface area contributed by atoms with Crippen LogP contribution in [-0.2, 0) is 31.8 Å². The lowest BCUT2D eigenvalue weighted by Crippen LogP contribution is -2.50. The van der Waals surface area contributed by atoms with Gasteiger partial charge in [-0.05, 0) is 32.8 Å². The number of nitrogens with one attached hydrogen (secondary N) is 2. The molecule has 166 valence electrons. The Morgan fingerprint density at radius 2 is 1.83 bits per heavy atom. The number of hydrogen-bond donors (Lipinski definition) is 2. The standard InChI is InChI=1S/C19H30N6O4S/c1-18(2,3)14-11-13(25(6)24-14)15-20-17(23-22-15)21-16(26)19(4,5)30(27,28)12-7-9-29-10-8-12/h11-12H,7-10H2,1-6H3,(H2,20,21,22,23,26). The minimum absolute atomic E-state index is 0.0868. The van der Waals surface area contributed by atoms with Crippen LogP contribution in [0.3, 0.4) is 0 Å². The minimum Gasteiger partial charge on any atom is -0.381 e. The van der Waals surface area contributed by atoms with Gasteiger partial charge in [-0.3, -0.25) is 14.8 Å². The van der Waals surface area contributed by atoms with Gasteiger partial charge >= 0.3 is 0 Å². The molecule has 10 nitrogen and oxygen atoms in total. The average molecular weight is 439 g/mol. The van der Waals surface area contributed by atoms with E-state index in [0.29, 0.717) is 37.6 Å². The summed E-state index contributed by atoms with van der Waals surface area (Å²) < 4.78 is 31.4. The fraction of sp³-hybridized carbons (Fsp3) is 0.684. The summed E-state index contributed by atoms with van der Waals surface area (Å²) in [4.78, 5) is 15.8. The lowest BCUT2D eigenvalue weighted by Gasteiger charge is -2.30. The molecule has 0 radical (unpaired) electrons. The summed E-state index contributed by atoms with van der Waals surface area (Å²) in [5, 5.41) is 14.5. The van der Waals surface area contributed by atoms with Crippen molar-refractivity contribution in [3.05, 3.63) is 11.8 Å². The second-order valence-corrected chi connectivity index (χ2v) is 11.9. The molecule has 0 atom stereocenters. The van der Waals surface area contributed by atoms with Crippen molar-refractivity contribution < 1.29 is 17.9 Å². The number of nitrogens with zero attached hydrogens (tertiary/aromatic N) is 4. The van der Waals surface area contributed by atoms with E-state index in [1.807, 2.05) is 6.07 Å². The van der Waals surface area contributed by atoms with E-state index in [2.05, 4.69) is 46.4 Å². The lowest BCUT2D eigenvalue weighted by atomic mass is 9.92. The van der Waals surface area contributed by atoms with Gasteiger partial charge in [0, 0.05) is 25.7 Å². The average Bonchev–Trinajstić information content (AvgIpc) is 3.28. The molecule has 1 saturated heterocycles. The summed E-state index contributed by atoms with van der Waals surface area (Å²) in [5.41, 5.74) is 1.47. The van der Waals surface area contributed by atoms with Gasteiger partial charge in [0.1, 0.15) is 10.4 Å². The molecule has 1 fully saturated rings. The van der Waals surface area contributed by atoms with Crippen LogP contribution < -0.4 is 5.32 Å². The molecule has 0 aliphatic carbocycles. The number of aryl methyl sites for hydroxylation is 1. The van der Waals surface area contributed by atoms with Crippen molar-refractivity contribution in [2.24, 2.45) is 7.05 Å². The zero-order chi connectivity index (χ0) is 22.3. The van der Waals surface area contributed by atoms with Crippen LogP contribution in [0.25, 0.3) is 11.5 Å². The number of carbonyl (C=O) groups excluding carboxylic acids is 1. The molecule has 2 N–H and O–H groups in total. The van der Waals surface area contributed by atoms with Gasteiger partial charge in [0.05, 0.1) is 10.9 Å². The molecule has 3 heterocycles. The van der Waals surface area contributed by atoms with Gasteiger partial charge in [-0.25, -0.2) is 8.42 Å². The fourth-order valence-electron chi connectivity index (χ4n) is 3.28. The Morgan fingerprint density at radius 1 is 1.20 bits per heavy atom. The number of carbonyl (C=O) groups is 1. The molecule has 0 saturated carbocycles. The third-order valence-electron chi connectivity index (χ3n) is 5.47. The molecule has 2 aromatic rings. The first-order valence-electron chi connectivity index (χ1n) is 9.94. The van der Waals surface area contributed by atoms with Crippen molar-refractivity contribution >= 4 is 21.7 Å². The molecule has 11 heteroatoms. The summed E-state index contributed by atoms with van der Waals surface area (Å²) in [6.45, 7) is 9.79. The quantitative estimate of drug-likeness (QED) is 0.727. The van der Waals surface area contributed by atoms with Crippen LogP contribution in [0.15, 0.2) is 6.07 Å². The Hall–Kier alpha value is -2.27. The van der Waals surface area contributed by atoms with Gasteiger partial charge < -0.3 is 9.72 Å². The predicted octanol–water partition coefficient (Wildman–Crippen LogP) is 1.81. The number of ether oxygens (including phenoxy) is 1. The summed E-state index contributed by atoms with van der Waals surface area (Å²) >= 11 is 0. The first kappa shape index (κ1) is 22.4. The molecule has 0 unspecified atom stereocenters. The largest absolute Gasteiger partial charge is 0.381 e. The van der Waals surface area contributed by atoms with E-state index >= 15 is 0 Å². The second-order valence-electron chi connectivity index (χ2n) is 9.13. The van der Waals surface area contributed by atoms with Crippen LogP contribution in [0.2, 0.25) is 0 Å². The number of sulfone groups is 1. The van der Waals surface area contributed by atoms with Crippen LogP contribution in [0.1, 0.15) is 53.2 Å². The van der Waals surface area contributed by atoms with Crippen LogP contribution >= 0.6 is 0 Å². The molecule has 2 aromatic heterocycles. The van der Waals surface area contributed by atoms with Crippen LogP contribution in [0.4, 0.5) is 5.95 Å². The zero-order valence-electron chi connectivity index (χ0n) is 18.3. The summed E-state index contributed by atoms with van der Waals surface area (Å²) in [6, 6.07) is 1.91. The maximum absolute atomic E-state index is 13.0. The molecule has 1 aliphatic rings. The number of anilines is 1. The fourth-order valence-corrected chi connectivity index (χ4v) is 5.24. The monoisotopic (exact) mass is 438 g/mol. The summed E-state index contributed by atoms with van der Waals surface area (Å²) in [6.07, 6.45) is 0.782. The SMILES string of the molecule is Cn1nc(C(C)(C)C)cc1-c1nnc(NC(=O)C(C)(C)S(=O)(=O)C2CCOCC2)[nH]1. The normalized spacial score (nSPS) is 16.6. The molecule has 1 amide bonds. The number of H-pyrrole nitrogens is 1. The number of amides is 1. The van der Waals surface area contributed by atoms with E-state index in [0.717, 1.165) is 5.69 Å². The zero-order valence-corrected chi connectivity index (χ0v) is 19.1. The number of aromatic amines is 1. The van der Waals surface area contributed by atoms with Gasteiger partial charge in [0.2, 0.25) is 11.9 Å². The number of rotatable bonds is 5. The highest BCUT2D eigenvalue weighted by molar-refractivity contribution is 7.94. The van der Waals surface area contributed by atoms with Crippen molar-refractivity contribution in [2.75, 3.05) is 18.5 Å². The van der Waals surface area contributed by atoms with E-state index in [9.17, 15) is 13.2 Å². The van der Waals surface area contributed by atoms with E-state index in [4.69, 9.17) is 4.74 Å². The minimum atomic E-state index is -3.71. The van der Waals surface area contributed by atoms with Gasteiger partial charge in [-0.1, -0.05) is 20.8 Å². The molecular weight excluding hydrogens is 408 g/mol. The van der Waals surface area contributed by atoms with Crippen molar-refractivity contribution in [1.82, 2.24) is 25.0 Å². The number of hydrogen-bond acceptors (Lipinski definition) is 7. The third-order valence-corrected chi connectivity index (χ3v) is 8.43. The first-order valence-corrected chi connectivity index (χ1v) is 11.5. The van der Waals surface area contributed by atoms with E-state index in [1.54, 1.807) is 11.7 Å². The Bertz CT molecular complexity index is 1030. The highest BCUT2D eigenvalue weighted by Crippen LogP contribution is 2.29. The Kier molecular flexibility index (Phi) is 5.80. The summed E-state index contributed by atoms with van der Waals surface area (Å²) in [7, 11) is -1.91. The maximum Gasteiger partial charge on any atom is 0.247 e. The van der Waals surface area contributed by atoms with Crippen LogP contribution in [0, 0.1) is 0 Å². The smallest absolute Gasteiger partial charge is 0.247 e. The van der Waals surface area contributed by atoms with Gasteiger partial charge in [-0.2, -0.15) is 5.10 Å². The van der Waals surface area contributed by atoms with E-state index in [-0.39, 0.29) is 11.4 Å². The third kappa shape index (κ3) is 4.13. The van der Waals surface area contributed by atoms with E-state index in [1.165, 1.54) is 13.8 Å². The molecular formula is C19H30N6O4S. The lowest BCUT2D eigenvalue weighted by molar-refractivity contribution is -0.117. The van der Waals surface area contributed by atoms with Crippen LogP contribution in [0.5, 0.6) is 0 Å². The first-order chi connectivity index (χ1) is 13.8. The molecule has 1 aliphatic heterocycles. The van der Waals surface area contributed by atoms with Crippen molar-refractivity contribution in [2.45, 2.75) is 62.9 Å². The summed E-state index contributed by atoms with van der Waals surface area (Å²) in [5.74, 6) is -0.137.